The molecule has 6 aromatic carbocycles. The predicted octanol–water partition coefficient (Wildman–Crippen LogP) is 13.3. The van der Waals surface area contributed by atoms with Crippen LogP contribution in [0.2, 0.25) is 0 Å². The SMILES string of the molecule is CC1(C)c2ccccc2-c2cc(N(c3ccccc3)c3cccc(-c4cccc5c4-c4ccccc4C(C)(C)C5(C)C)c3)ccc2C1(C)C. The van der Waals surface area contributed by atoms with Crippen LogP contribution in [0, 0.1) is 0 Å². The minimum absolute atomic E-state index is 0.00276. The summed E-state index contributed by atoms with van der Waals surface area (Å²) < 4.78 is 0. The summed E-state index contributed by atoms with van der Waals surface area (Å²) in [5.74, 6) is 0. The van der Waals surface area contributed by atoms with Crippen LogP contribution in [0.5, 0.6) is 0 Å². The van der Waals surface area contributed by atoms with Crippen molar-refractivity contribution < 1.29 is 0 Å². The maximum atomic E-state index is 2.43. The Morgan fingerprint density at radius 2 is 0.796 bits per heavy atom. The highest BCUT2D eigenvalue weighted by atomic mass is 15.1. The second kappa shape index (κ2) is 10.8. The van der Waals surface area contributed by atoms with E-state index in [1.54, 1.807) is 0 Å². The van der Waals surface area contributed by atoms with Crippen molar-refractivity contribution in [3.05, 3.63) is 162 Å². The largest absolute Gasteiger partial charge is 0.310 e. The lowest BCUT2D eigenvalue weighted by Crippen LogP contribution is -2.43. The summed E-state index contributed by atoms with van der Waals surface area (Å²) in [4.78, 5) is 2.43. The molecule has 0 saturated heterocycles. The number of anilines is 3. The average Bonchev–Trinajstić information content (AvgIpc) is 3.11. The van der Waals surface area contributed by atoms with Crippen molar-refractivity contribution in [3.8, 4) is 33.4 Å². The number of benzene rings is 6. The van der Waals surface area contributed by atoms with Gasteiger partial charge in [0.2, 0.25) is 0 Å². The molecule has 49 heavy (non-hydrogen) atoms. The third-order valence-electron chi connectivity index (χ3n) is 13.0. The molecule has 0 fully saturated rings. The normalized spacial score (nSPS) is 17.2. The first-order valence-corrected chi connectivity index (χ1v) is 17.8. The average molecular weight is 638 g/mol. The molecular weight excluding hydrogens is 591 g/mol. The standard InChI is InChI=1S/C48H47N/c1-45(2)40-25-14-12-22-37(40)39-31-35(28-29-42(39)47(45,5)6)49(33-19-10-9-11-20-33)34-21-16-18-32(30-34)36-24-17-27-43-44(36)38-23-13-15-26-41(38)46(3,4)48(43,7)8/h9-31H,1-8H3. The molecule has 244 valence electrons. The van der Waals surface area contributed by atoms with Crippen LogP contribution >= 0.6 is 0 Å². The van der Waals surface area contributed by atoms with E-state index in [2.05, 4.69) is 200 Å². The molecule has 0 unspecified atom stereocenters. The number of hydrogen-bond donors (Lipinski definition) is 0. The van der Waals surface area contributed by atoms with E-state index >= 15 is 0 Å². The Morgan fingerprint density at radius 3 is 1.49 bits per heavy atom. The smallest absolute Gasteiger partial charge is 0.0468 e. The third kappa shape index (κ3) is 4.44. The van der Waals surface area contributed by atoms with E-state index in [9.17, 15) is 0 Å². The minimum Gasteiger partial charge on any atom is -0.310 e. The van der Waals surface area contributed by atoms with Crippen LogP contribution in [0.4, 0.5) is 17.1 Å². The number of para-hydroxylation sites is 1. The molecule has 0 bridgehead atoms. The van der Waals surface area contributed by atoms with Crippen molar-refractivity contribution >= 4 is 17.1 Å². The fourth-order valence-corrected chi connectivity index (χ4v) is 8.74. The number of nitrogens with zero attached hydrogens (tertiary/aromatic N) is 1. The fraction of sp³-hybridized carbons (Fsp3) is 0.250. The van der Waals surface area contributed by atoms with Gasteiger partial charge in [-0.1, -0.05) is 159 Å². The van der Waals surface area contributed by atoms with Gasteiger partial charge in [-0.3, -0.25) is 0 Å². The Bertz CT molecular complexity index is 2230. The molecule has 2 aliphatic rings. The molecule has 0 amide bonds. The van der Waals surface area contributed by atoms with Crippen LogP contribution in [0.3, 0.4) is 0 Å². The van der Waals surface area contributed by atoms with Gasteiger partial charge in [0.05, 0.1) is 0 Å². The molecule has 2 aliphatic carbocycles. The van der Waals surface area contributed by atoms with Gasteiger partial charge in [0.25, 0.3) is 0 Å². The molecule has 0 radical (unpaired) electrons. The Morgan fingerprint density at radius 1 is 0.327 bits per heavy atom. The molecule has 0 spiro atoms. The minimum atomic E-state index is -0.0395. The highest BCUT2D eigenvalue weighted by molar-refractivity contribution is 5.92. The van der Waals surface area contributed by atoms with Crippen molar-refractivity contribution in [2.24, 2.45) is 0 Å². The van der Waals surface area contributed by atoms with E-state index in [1.165, 1.54) is 55.6 Å². The summed E-state index contributed by atoms with van der Waals surface area (Å²) >= 11 is 0. The van der Waals surface area contributed by atoms with Crippen LogP contribution in [0.15, 0.2) is 140 Å². The van der Waals surface area contributed by atoms with Gasteiger partial charge in [0.1, 0.15) is 0 Å². The van der Waals surface area contributed by atoms with E-state index in [0.717, 1.165) is 17.1 Å². The lowest BCUT2D eigenvalue weighted by molar-refractivity contribution is 0.299. The Labute approximate surface area is 293 Å². The first-order valence-electron chi connectivity index (χ1n) is 17.8. The first kappa shape index (κ1) is 31.4. The van der Waals surface area contributed by atoms with E-state index in [1.807, 2.05) is 0 Å². The van der Waals surface area contributed by atoms with Crippen LogP contribution < -0.4 is 4.90 Å². The molecule has 8 rings (SSSR count). The first-order chi connectivity index (χ1) is 23.4. The lowest BCUT2D eigenvalue weighted by atomic mass is 9.55. The Kier molecular flexibility index (Phi) is 6.93. The van der Waals surface area contributed by atoms with Gasteiger partial charge in [0, 0.05) is 17.1 Å². The van der Waals surface area contributed by atoms with Crippen molar-refractivity contribution in [2.45, 2.75) is 77.0 Å². The van der Waals surface area contributed by atoms with E-state index in [4.69, 9.17) is 0 Å². The van der Waals surface area contributed by atoms with E-state index in [0.29, 0.717) is 0 Å². The number of hydrogen-bond acceptors (Lipinski definition) is 1. The molecule has 1 nitrogen and oxygen atoms in total. The van der Waals surface area contributed by atoms with Gasteiger partial charge >= 0.3 is 0 Å². The monoisotopic (exact) mass is 637 g/mol. The zero-order valence-electron chi connectivity index (χ0n) is 30.2. The topological polar surface area (TPSA) is 3.24 Å². The van der Waals surface area contributed by atoms with Crippen LogP contribution in [-0.2, 0) is 21.7 Å². The molecule has 0 saturated carbocycles. The van der Waals surface area contributed by atoms with Crippen LogP contribution in [-0.4, -0.2) is 0 Å². The predicted molar refractivity (Wildman–Crippen MR) is 210 cm³/mol. The van der Waals surface area contributed by atoms with Crippen molar-refractivity contribution in [2.75, 3.05) is 4.90 Å². The fourth-order valence-electron chi connectivity index (χ4n) is 8.74. The second-order valence-electron chi connectivity index (χ2n) is 16.3. The summed E-state index contributed by atoms with van der Waals surface area (Å²) in [6.45, 7) is 19.2. The van der Waals surface area contributed by atoms with Gasteiger partial charge in [-0.15, -0.1) is 0 Å². The zero-order valence-corrected chi connectivity index (χ0v) is 30.2. The van der Waals surface area contributed by atoms with Crippen molar-refractivity contribution in [1.29, 1.82) is 0 Å². The summed E-state index contributed by atoms with van der Waals surface area (Å²) in [6, 6.07) is 52.1. The summed E-state index contributed by atoms with van der Waals surface area (Å²) in [6.07, 6.45) is 0. The highest BCUT2D eigenvalue weighted by Crippen LogP contribution is 2.57. The zero-order chi connectivity index (χ0) is 34.3. The van der Waals surface area contributed by atoms with Crippen molar-refractivity contribution in [3.63, 3.8) is 0 Å². The molecule has 0 atom stereocenters. The Balaban J connectivity index is 1.32. The lowest BCUT2D eigenvalue weighted by Gasteiger charge is -2.48. The van der Waals surface area contributed by atoms with Crippen LogP contribution in [0.25, 0.3) is 33.4 Å². The Hall–Kier alpha value is -4.88. The van der Waals surface area contributed by atoms with Gasteiger partial charge in [0.15, 0.2) is 0 Å². The maximum Gasteiger partial charge on any atom is 0.0468 e. The molecular formula is C48H47N. The third-order valence-corrected chi connectivity index (χ3v) is 13.0. The second-order valence-corrected chi connectivity index (χ2v) is 16.3. The molecule has 6 aromatic rings. The molecule has 0 aromatic heterocycles. The van der Waals surface area contributed by atoms with Gasteiger partial charge in [-0.2, -0.15) is 0 Å². The maximum absolute atomic E-state index is 2.43. The van der Waals surface area contributed by atoms with Crippen molar-refractivity contribution in [1.82, 2.24) is 0 Å². The summed E-state index contributed by atoms with van der Waals surface area (Å²) in [5, 5.41) is 0. The highest BCUT2D eigenvalue weighted by Gasteiger charge is 2.47. The quantitative estimate of drug-likeness (QED) is 0.186. The molecule has 0 N–H and O–H groups in total. The molecule has 0 aliphatic heterocycles. The van der Waals surface area contributed by atoms with Crippen LogP contribution in [0.1, 0.15) is 77.6 Å². The summed E-state index contributed by atoms with van der Waals surface area (Å²) in [5.41, 5.74) is 16.9. The molecule has 0 heterocycles. The van der Waals surface area contributed by atoms with E-state index < -0.39 is 0 Å². The van der Waals surface area contributed by atoms with Gasteiger partial charge < -0.3 is 4.90 Å². The van der Waals surface area contributed by atoms with Gasteiger partial charge in [-0.05, 0) is 114 Å². The number of rotatable bonds is 4. The van der Waals surface area contributed by atoms with E-state index in [-0.39, 0.29) is 21.7 Å². The summed E-state index contributed by atoms with van der Waals surface area (Å²) in [7, 11) is 0. The molecule has 1 heteroatoms. The number of fused-ring (bicyclic) bond motifs is 6. The van der Waals surface area contributed by atoms with Gasteiger partial charge in [-0.25, -0.2) is 0 Å².